The summed E-state index contributed by atoms with van der Waals surface area (Å²) in [5.41, 5.74) is 1.28. The average Bonchev–Trinajstić information content (AvgIpc) is 2.32. The van der Waals surface area contributed by atoms with Crippen molar-refractivity contribution in [2.24, 2.45) is 0 Å². The Morgan fingerprint density at radius 3 is 2.62 bits per heavy atom. The smallest absolute Gasteiger partial charge is 0.124 e. The molecule has 1 aromatic carbocycles. The van der Waals surface area contributed by atoms with Crippen molar-refractivity contribution in [1.82, 2.24) is 5.32 Å². The lowest BCUT2D eigenvalue weighted by atomic mass is 10.0. The zero-order valence-corrected chi connectivity index (χ0v) is 10.6. The molecule has 0 aliphatic carbocycles. The van der Waals surface area contributed by atoms with Gasteiger partial charge in [-0.25, -0.2) is 0 Å². The normalized spacial score (nSPS) is 12.4. The maximum atomic E-state index is 5.66. The molecule has 0 aliphatic rings. The molecule has 0 aliphatic heterocycles. The van der Waals surface area contributed by atoms with E-state index < -0.39 is 0 Å². The Hall–Kier alpha value is -1.02. The molecule has 2 nitrogen and oxygen atoms in total. The van der Waals surface area contributed by atoms with Crippen molar-refractivity contribution in [2.45, 2.75) is 39.2 Å². The van der Waals surface area contributed by atoms with E-state index in [2.05, 4.69) is 30.4 Å². The lowest BCUT2D eigenvalue weighted by Gasteiger charge is -2.19. The van der Waals surface area contributed by atoms with Crippen molar-refractivity contribution in [2.75, 3.05) is 13.7 Å². The molecule has 0 spiro atoms. The molecule has 0 amide bonds. The number of para-hydroxylation sites is 1. The van der Waals surface area contributed by atoms with E-state index in [4.69, 9.17) is 4.74 Å². The van der Waals surface area contributed by atoms with E-state index >= 15 is 0 Å². The van der Waals surface area contributed by atoms with Gasteiger partial charge in [0.25, 0.3) is 0 Å². The third-order valence-electron chi connectivity index (χ3n) is 2.79. The Morgan fingerprint density at radius 1 is 1.25 bits per heavy atom. The molecule has 0 fully saturated rings. The van der Waals surface area contributed by atoms with Crippen LogP contribution in [0.3, 0.4) is 0 Å². The second-order valence-electron chi connectivity index (χ2n) is 3.95. The molecule has 16 heavy (non-hydrogen) atoms. The third-order valence-corrected chi connectivity index (χ3v) is 2.79. The highest BCUT2D eigenvalue weighted by molar-refractivity contribution is 5.35. The summed E-state index contributed by atoms with van der Waals surface area (Å²) >= 11 is 0. The maximum Gasteiger partial charge on any atom is 0.124 e. The average molecular weight is 221 g/mol. The van der Waals surface area contributed by atoms with Gasteiger partial charge in [-0.2, -0.15) is 0 Å². The van der Waals surface area contributed by atoms with Crippen LogP contribution < -0.4 is 10.1 Å². The second kappa shape index (κ2) is 7.29. The van der Waals surface area contributed by atoms with Crippen molar-refractivity contribution in [1.29, 1.82) is 0 Å². The Kier molecular flexibility index (Phi) is 5.94. The van der Waals surface area contributed by atoms with E-state index in [1.165, 1.54) is 18.4 Å². The first-order chi connectivity index (χ1) is 7.83. The predicted molar refractivity (Wildman–Crippen MR) is 68.9 cm³/mol. The van der Waals surface area contributed by atoms with Crippen LogP contribution in [0.25, 0.3) is 0 Å². The van der Waals surface area contributed by atoms with Crippen LogP contribution in [0.1, 0.15) is 44.7 Å². The van der Waals surface area contributed by atoms with Crippen LogP contribution in [0.15, 0.2) is 24.3 Å². The fourth-order valence-electron chi connectivity index (χ4n) is 1.92. The quantitative estimate of drug-likeness (QED) is 0.760. The van der Waals surface area contributed by atoms with Gasteiger partial charge >= 0.3 is 0 Å². The zero-order valence-electron chi connectivity index (χ0n) is 10.6. The summed E-state index contributed by atoms with van der Waals surface area (Å²) in [5.74, 6) is 1.01. The zero-order chi connectivity index (χ0) is 11.8. The molecule has 0 saturated heterocycles. The van der Waals surface area contributed by atoms with E-state index in [0.29, 0.717) is 6.04 Å². The van der Waals surface area contributed by atoms with Crippen molar-refractivity contribution < 1.29 is 4.74 Å². The van der Waals surface area contributed by atoms with E-state index in [9.17, 15) is 0 Å². The lowest BCUT2D eigenvalue weighted by molar-refractivity contribution is 0.330. The summed E-state index contributed by atoms with van der Waals surface area (Å²) < 4.78 is 5.66. The summed E-state index contributed by atoms with van der Waals surface area (Å²) in [6.45, 7) is 4.97. The number of rotatable bonds is 7. The monoisotopic (exact) mass is 221 g/mol. The van der Waals surface area contributed by atoms with Crippen LogP contribution in [0.4, 0.5) is 0 Å². The first-order valence-electron chi connectivity index (χ1n) is 6.22. The number of hydrogen-bond acceptors (Lipinski definition) is 2. The van der Waals surface area contributed by atoms with Gasteiger partial charge in [0.15, 0.2) is 0 Å². The number of nitrogens with one attached hydrogen (secondary N) is 1. The molecule has 90 valence electrons. The summed E-state index contributed by atoms with van der Waals surface area (Å²) in [6, 6.07) is 8.72. The van der Waals surface area contributed by atoms with Crippen molar-refractivity contribution >= 4 is 0 Å². The molecule has 1 unspecified atom stereocenters. The van der Waals surface area contributed by atoms with Gasteiger partial charge in [-0.15, -0.1) is 0 Å². The van der Waals surface area contributed by atoms with Crippen LogP contribution in [-0.4, -0.2) is 13.7 Å². The third kappa shape index (κ3) is 3.53. The first kappa shape index (κ1) is 13.0. The van der Waals surface area contributed by atoms with Gasteiger partial charge in [0, 0.05) is 11.6 Å². The van der Waals surface area contributed by atoms with E-state index in [1.54, 1.807) is 0 Å². The molecule has 0 radical (unpaired) electrons. The molecule has 1 aromatic rings. The molecule has 0 aromatic heterocycles. The van der Waals surface area contributed by atoms with Gasteiger partial charge in [-0.05, 0) is 26.5 Å². The van der Waals surface area contributed by atoms with Crippen LogP contribution >= 0.6 is 0 Å². The van der Waals surface area contributed by atoms with Gasteiger partial charge < -0.3 is 10.1 Å². The molecule has 0 saturated carbocycles. The predicted octanol–water partition coefficient (Wildman–Crippen LogP) is 3.54. The van der Waals surface area contributed by atoms with Crippen LogP contribution in [-0.2, 0) is 0 Å². The second-order valence-corrected chi connectivity index (χ2v) is 3.95. The van der Waals surface area contributed by atoms with Gasteiger partial charge in [0.05, 0.1) is 6.61 Å². The molecular weight excluding hydrogens is 198 g/mol. The molecule has 1 N–H and O–H groups in total. The molecular formula is C14H23NO. The van der Waals surface area contributed by atoms with Gasteiger partial charge in [-0.3, -0.25) is 0 Å². The van der Waals surface area contributed by atoms with Crippen molar-refractivity contribution in [3.05, 3.63) is 29.8 Å². The van der Waals surface area contributed by atoms with Crippen LogP contribution in [0.2, 0.25) is 0 Å². The highest BCUT2D eigenvalue weighted by atomic mass is 16.5. The standard InChI is InChI=1S/C14H23NO/c1-4-6-10-13(15-3)12-9-7-8-11-14(12)16-5-2/h7-9,11,13,15H,4-6,10H2,1-3H3. The first-order valence-corrected chi connectivity index (χ1v) is 6.22. The maximum absolute atomic E-state index is 5.66. The van der Waals surface area contributed by atoms with Crippen molar-refractivity contribution in [3.63, 3.8) is 0 Å². The summed E-state index contributed by atoms with van der Waals surface area (Å²) in [5, 5.41) is 3.37. The minimum Gasteiger partial charge on any atom is -0.494 e. The molecule has 1 rings (SSSR count). The Labute approximate surface area is 99.0 Å². The largest absolute Gasteiger partial charge is 0.494 e. The summed E-state index contributed by atoms with van der Waals surface area (Å²) in [4.78, 5) is 0. The van der Waals surface area contributed by atoms with Crippen LogP contribution in [0, 0.1) is 0 Å². The summed E-state index contributed by atoms with van der Waals surface area (Å²) in [7, 11) is 2.02. The molecule has 1 atom stereocenters. The number of benzene rings is 1. The topological polar surface area (TPSA) is 21.3 Å². The van der Waals surface area contributed by atoms with Gasteiger partial charge in [0.2, 0.25) is 0 Å². The fourth-order valence-corrected chi connectivity index (χ4v) is 1.92. The van der Waals surface area contributed by atoms with E-state index in [1.807, 2.05) is 20.0 Å². The molecule has 0 bridgehead atoms. The van der Waals surface area contributed by atoms with Crippen LogP contribution in [0.5, 0.6) is 5.75 Å². The van der Waals surface area contributed by atoms with E-state index in [0.717, 1.165) is 18.8 Å². The highest BCUT2D eigenvalue weighted by Gasteiger charge is 2.13. The minimum absolute atomic E-state index is 0.405. The van der Waals surface area contributed by atoms with Gasteiger partial charge in [0.1, 0.15) is 5.75 Å². The molecule has 0 heterocycles. The summed E-state index contributed by atoms with van der Waals surface area (Å²) in [6.07, 6.45) is 3.64. The highest BCUT2D eigenvalue weighted by Crippen LogP contribution is 2.28. The SMILES string of the molecule is CCCCC(NC)c1ccccc1OCC. The van der Waals surface area contributed by atoms with Crippen molar-refractivity contribution in [3.8, 4) is 5.75 Å². The Morgan fingerprint density at radius 2 is 2.00 bits per heavy atom. The molecule has 2 heteroatoms. The minimum atomic E-state index is 0.405. The number of unbranched alkanes of at least 4 members (excludes halogenated alkanes) is 1. The fraction of sp³-hybridized carbons (Fsp3) is 0.571. The van der Waals surface area contributed by atoms with E-state index in [-0.39, 0.29) is 0 Å². The van der Waals surface area contributed by atoms with Gasteiger partial charge in [-0.1, -0.05) is 38.0 Å². The number of hydrogen-bond donors (Lipinski definition) is 1. The Bertz CT molecular complexity index is 299. The lowest BCUT2D eigenvalue weighted by Crippen LogP contribution is -2.17. The Balaban J connectivity index is 2.81. The number of ether oxygens (including phenoxy) is 1.